The number of benzene rings is 1. The van der Waals surface area contributed by atoms with Crippen molar-refractivity contribution in [3.05, 3.63) is 102 Å². The molecule has 0 saturated heterocycles. The van der Waals surface area contributed by atoms with E-state index in [2.05, 4.69) is 22.4 Å². The number of rotatable bonds is 6. The van der Waals surface area contributed by atoms with Gasteiger partial charge in [0.1, 0.15) is 5.82 Å². The molecule has 0 saturated carbocycles. The number of aryl methyl sites for hydroxylation is 1. The molecule has 4 aromatic rings. The van der Waals surface area contributed by atoms with Crippen molar-refractivity contribution < 1.29 is 9.53 Å². The molecule has 146 valence electrons. The van der Waals surface area contributed by atoms with E-state index in [1.54, 1.807) is 0 Å². The number of anilines is 1. The van der Waals surface area contributed by atoms with Crippen molar-refractivity contribution in [3.63, 3.8) is 0 Å². The largest absolute Gasteiger partial charge is 0.462 e. The summed E-state index contributed by atoms with van der Waals surface area (Å²) in [6.07, 6.45) is 3.80. The van der Waals surface area contributed by atoms with Gasteiger partial charge in [-0.25, -0.2) is 9.78 Å². The summed E-state index contributed by atoms with van der Waals surface area (Å²) in [5.74, 6) is 0.454. The summed E-state index contributed by atoms with van der Waals surface area (Å²) >= 11 is 0. The number of carbonyl (C=O) groups is 1. The molecule has 5 nitrogen and oxygen atoms in total. The SMILES string of the molecule is CCOC(=O)c1cc(C(Nc2ccc(C)cn2)c2ccccc2)n2ccccc12. The molecule has 3 heterocycles. The number of hydrogen-bond donors (Lipinski definition) is 1. The number of ether oxygens (including phenoxy) is 1. The Morgan fingerprint density at radius 1 is 1.10 bits per heavy atom. The lowest BCUT2D eigenvalue weighted by atomic mass is 10.0. The summed E-state index contributed by atoms with van der Waals surface area (Å²) in [6.45, 7) is 4.16. The Hall–Kier alpha value is -3.60. The van der Waals surface area contributed by atoms with E-state index in [4.69, 9.17) is 4.74 Å². The van der Waals surface area contributed by atoms with Crippen LogP contribution in [-0.2, 0) is 4.74 Å². The molecule has 0 bridgehead atoms. The molecule has 1 unspecified atom stereocenters. The van der Waals surface area contributed by atoms with Gasteiger partial charge in [-0.05, 0) is 49.2 Å². The second-order valence-corrected chi connectivity index (χ2v) is 6.87. The minimum absolute atomic E-state index is 0.190. The number of nitrogens with one attached hydrogen (secondary N) is 1. The predicted molar refractivity (Wildman–Crippen MR) is 114 cm³/mol. The van der Waals surface area contributed by atoms with Crippen LogP contribution in [0.1, 0.15) is 40.1 Å². The van der Waals surface area contributed by atoms with Gasteiger partial charge in [-0.3, -0.25) is 0 Å². The Kier molecular flexibility index (Phi) is 5.29. The van der Waals surface area contributed by atoms with Gasteiger partial charge >= 0.3 is 5.97 Å². The zero-order valence-electron chi connectivity index (χ0n) is 16.5. The predicted octanol–water partition coefficient (Wildman–Crippen LogP) is 5.02. The lowest BCUT2D eigenvalue weighted by molar-refractivity contribution is 0.0529. The van der Waals surface area contributed by atoms with Crippen molar-refractivity contribution >= 4 is 17.3 Å². The van der Waals surface area contributed by atoms with Crippen LogP contribution in [0.25, 0.3) is 5.52 Å². The molecular formula is C24H23N3O2. The molecule has 3 aromatic heterocycles. The molecule has 0 fully saturated rings. The zero-order chi connectivity index (χ0) is 20.2. The Bertz CT molecular complexity index is 1120. The van der Waals surface area contributed by atoms with Crippen LogP contribution in [0, 0.1) is 6.92 Å². The number of nitrogens with zero attached hydrogens (tertiary/aromatic N) is 2. The van der Waals surface area contributed by atoms with Crippen LogP contribution in [0.5, 0.6) is 0 Å². The van der Waals surface area contributed by atoms with E-state index in [9.17, 15) is 4.79 Å². The molecule has 0 spiro atoms. The topological polar surface area (TPSA) is 55.6 Å². The van der Waals surface area contributed by atoms with Gasteiger partial charge in [0.15, 0.2) is 0 Å². The molecule has 0 aliphatic rings. The average molecular weight is 385 g/mol. The van der Waals surface area contributed by atoms with Crippen LogP contribution < -0.4 is 5.32 Å². The van der Waals surface area contributed by atoms with Gasteiger partial charge in [0.05, 0.1) is 29.4 Å². The molecule has 0 amide bonds. The van der Waals surface area contributed by atoms with E-state index in [0.29, 0.717) is 12.2 Å². The maximum atomic E-state index is 12.6. The Balaban J connectivity index is 1.85. The van der Waals surface area contributed by atoms with Gasteiger partial charge < -0.3 is 14.5 Å². The summed E-state index contributed by atoms with van der Waals surface area (Å²) in [4.78, 5) is 17.1. The van der Waals surface area contributed by atoms with Crippen LogP contribution in [0.3, 0.4) is 0 Å². The van der Waals surface area contributed by atoms with Gasteiger partial charge in [0, 0.05) is 12.4 Å². The maximum Gasteiger partial charge on any atom is 0.340 e. The molecule has 0 aliphatic heterocycles. The highest BCUT2D eigenvalue weighted by molar-refractivity contribution is 5.97. The molecule has 4 rings (SSSR count). The average Bonchev–Trinajstić information content (AvgIpc) is 3.14. The highest BCUT2D eigenvalue weighted by Gasteiger charge is 2.23. The fraction of sp³-hybridized carbons (Fsp3) is 0.167. The third-order valence-electron chi connectivity index (χ3n) is 4.83. The van der Waals surface area contributed by atoms with Crippen LogP contribution in [0.4, 0.5) is 5.82 Å². The monoisotopic (exact) mass is 385 g/mol. The van der Waals surface area contributed by atoms with Crippen LogP contribution in [0.15, 0.2) is 79.1 Å². The molecular weight excluding hydrogens is 362 g/mol. The van der Waals surface area contributed by atoms with E-state index in [1.807, 2.05) is 85.2 Å². The summed E-state index contributed by atoms with van der Waals surface area (Å²) < 4.78 is 7.31. The van der Waals surface area contributed by atoms with Crippen molar-refractivity contribution in [1.29, 1.82) is 0 Å². The number of esters is 1. The Morgan fingerprint density at radius 2 is 1.90 bits per heavy atom. The highest BCUT2D eigenvalue weighted by Crippen LogP contribution is 2.30. The highest BCUT2D eigenvalue weighted by atomic mass is 16.5. The molecule has 1 N–H and O–H groups in total. The molecule has 5 heteroatoms. The number of carbonyl (C=O) groups excluding carboxylic acids is 1. The third kappa shape index (κ3) is 3.85. The fourth-order valence-corrected chi connectivity index (χ4v) is 3.45. The van der Waals surface area contributed by atoms with Crippen molar-refractivity contribution in [2.24, 2.45) is 0 Å². The quantitative estimate of drug-likeness (QED) is 0.474. The first kappa shape index (κ1) is 18.7. The first-order valence-electron chi connectivity index (χ1n) is 9.68. The zero-order valence-corrected chi connectivity index (χ0v) is 16.5. The molecule has 0 aliphatic carbocycles. The Morgan fingerprint density at radius 3 is 2.62 bits per heavy atom. The normalized spacial score (nSPS) is 11.9. The smallest absolute Gasteiger partial charge is 0.340 e. The van der Waals surface area contributed by atoms with E-state index < -0.39 is 0 Å². The fourth-order valence-electron chi connectivity index (χ4n) is 3.45. The molecule has 1 atom stereocenters. The summed E-state index contributed by atoms with van der Waals surface area (Å²) in [6, 6.07) is 21.7. The number of aromatic nitrogens is 2. The van der Waals surface area contributed by atoms with Crippen LogP contribution in [-0.4, -0.2) is 22.0 Å². The summed E-state index contributed by atoms with van der Waals surface area (Å²) in [5, 5.41) is 3.53. The second-order valence-electron chi connectivity index (χ2n) is 6.87. The van der Waals surface area contributed by atoms with Crippen molar-refractivity contribution in [2.45, 2.75) is 19.9 Å². The first-order valence-corrected chi connectivity index (χ1v) is 9.68. The van der Waals surface area contributed by atoms with Crippen LogP contribution >= 0.6 is 0 Å². The lowest BCUT2D eigenvalue weighted by Crippen LogP contribution is -2.15. The minimum Gasteiger partial charge on any atom is -0.462 e. The summed E-state index contributed by atoms with van der Waals surface area (Å²) in [7, 11) is 0. The van der Waals surface area contributed by atoms with Gasteiger partial charge in [-0.2, -0.15) is 0 Å². The maximum absolute atomic E-state index is 12.6. The second kappa shape index (κ2) is 8.19. The lowest BCUT2D eigenvalue weighted by Gasteiger charge is -2.20. The minimum atomic E-state index is -0.317. The molecule has 29 heavy (non-hydrogen) atoms. The number of hydrogen-bond acceptors (Lipinski definition) is 4. The Labute approximate surface area is 170 Å². The van der Waals surface area contributed by atoms with E-state index in [0.717, 1.165) is 28.2 Å². The summed E-state index contributed by atoms with van der Waals surface area (Å²) in [5.41, 5.74) is 4.50. The standard InChI is InChI=1S/C24H23N3O2/c1-3-29-24(28)19-15-21(27-14-8-7-11-20(19)27)23(18-9-5-4-6-10-18)26-22-13-12-17(2)16-25-22/h4-16,23H,3H2,1-2H3,(H,25,26). The van der Waals surface area contributed by atoms with E-state index >= 15 is 0 Å². The number of pyridine rings is 2. The molecule has 1 aromatic carbocycles. The van der Waals surface area contributed by atoms with Crippen molar-refractivity contribution in [2.75, 3.05) is 11.9 Å². The first-order chi connectivity index (χ1) is 14.2. The van der Waals surface area contributed by atoms with Gasteiger partial charge in [0.25, 0.3) is 0 Å². The van der Waals surface area contributed by atoms with Crippen molar-refractivity contribution in [1.82, 2.24) is 9.38 Å². The van der Waals surface area contributed by atoms with Gasteiger partial charge in [-0.15, -0.1) is 0 Å². The van der Waals surface area contributed by atoms with Gasteiger partial charge in [0.2, 0.25) is 0 Å². The van der Waals surface area contributed by atoms with Gasteiger partial charge in [-0.1, -0.05) is 42.5 Å². The number of fused-ring (bicyclic) bond motifs is 1. The molecule has 0 radical (unpaired) electrons. The van der Waals surface area contributed by atoms with Crippen LogP contribution in [0.2, 0.25) is 0 Å². The van der Waals surface area contributed by atoms with E-state index in [-0.39, 0.29) is 12.0 Å². The van der Waals surface area contributed by atoms with E-state index in [1.165, 1.54) is 0 Å². The van der Waals surface area contributed by atoms with Crippen molar-refractivity contribution in [3.8, 4) is 0 Å². The third-order valence-corrected chi connectivity index (χ3v) is 4.83.